The van der Waals surface area contributed by atoms with Crippen LogP contribution in [0.1, 0.15) is 55.5 Å². The van der Waals surface area contributed by atoms with Gasteiger partial charge in [0.25, 0.3) is 0 Å². The van der Waals surface area contributed by atoms with Crippen molar-refractivity contribution in [1.82, 2.24) is 0 Å². The molecule has 2 aliphatic carbocycles. The molecule has 0 amide bonds. The maximum absolute atomic E-state index is 2.66. The fraction of sp³-hybridized carbons (Fsp3) is 0.119. The van der Waals surface area contributed by atoms with E-state index in [1.807, 2.05) is 0 Å². The highest BCUT2D eigenvalue weighted by Gasteiger charge is 2.48. The lowest BCUT2D eigenvalue weighted by Crippen LogP contribution is -2.61. The van der Waals surface area contributed by atoms with Gasteiger partial charge in [-0.25, -0.2) is 0 Å². The first-order valence-corrected chi connectivity index (χ1v) is 22.1. The third kappa shape index (κ3) is 4.77. The molecule has 0 N–H and O–H groups in total. The van der Waals surface area contributed by atoms with Crippen molar-refractivity contribution in [2.45, 2.75) is 45.4 Å². The maximum Gasteiger partial charge on any atom is 0.333 e. The van der Waals surface area contributed by atoms with Gasteiger partial charge in [-0.3, -0.25) is 0 Å². The van der Waals surface area contributed by atoms with Gasteiger partial charge in [0.1, 0.15) is 0 Å². The van der Waals surface area contributed by atoms with Gasteiger partial charge in [0.15, 0.2) is 0 Å². The van der Waals surface area contributed by atoms with Crippen LogP contribution >= 0.6 is 0 Å². The van der Waals surface area contributed by atoms with Crippen molar-refractivity contribution >= 4 is 57.0 Å². The molecule has 0 saturated heterocycles. The van der Waals surface area contributed by atoms with Gasteiger partial charge in [0, 0.05) is 44.8 Å². The molecule has 0 atom stereocenters. The molecule has 2 aliphatic heterocycles. The summed E-state index contributed by atoms with van der Waals surface area (Å²) in [6.07, 6.45) is 0. The molecule has 13 rings (SSSR count). The van der Waals surface area contributed by atoms with Gasteiger partial charge in [-0.05, 0) is 144 Å². The number of aryl methyl sites for hydroxylation is 1. The van der Waals surface area contributed by atoms with E-state index in [0.717, 1.165) is 0 Å². The molecule has 0 bridgehead atoms. The summed E-state index contributed by atoms with van der Waals surface area (Å²) in [4.78, 5) is 5.29. The third-order valence-corrected chi connectivity index (χ3v) is 14.8. The number of fused-ring (bicyclic) bond motifs is 11. The molecule has 9 aromatic carbocycles. The number of benzene rings is 9. The summed E-state index contributed by atoms with van der Waals surface area (Å²) in [6, 6.07) is 69.2. The number of anilines is 5. The minimum atomic E-state index is -0.155. The van der Waals surface area contributed by atoms with Crippen LogP contribution in [0.4, 0.5) is 28.4 Å². The zero-order chi connectivity index (χ0) is 41.6. The summed E-state index contributed by atoms with van der Waals surface area (Å²) in [5.41, 5.74) is 25.7. The molecule has 0 spiro atoms. The van der Waals surface area contributed by atoms with Crippen molar-refractivity contribution in [2.75, 3.05) is 9.71 Å². The van der Waals surface area contributed by atoms with Crippen LogP contribution < -0.4 is 20.6 Å². The Balaban J connectivity index is 1.12. The van der Waals surface area contributed by atoms with Gasteiger partial charge in [0.05, 0.1) is 0 Å². The highest BCUT2D eigenvalue weighted by atomic mass is 15.2. The zero-order valence-electron chi connectivity index (χ0n) is 35.8. The molecule has 0 unspecified atom stereocenters. The highest BCUT2D eigenvalue weighted by molar-refractivity contribution is 6.93. The van der Waals surface area contributed by atoms with Gasteiger partial charge >= 0.3 is 6.85 Å². The van der Waals surface area contributed by atoms with Crippen LogP contribution in [0.3, 0.4) is 0 Å². The van der Waals surface area contributed by atoms with Gasteiger partial charge < -0.3 is 9.71 Å². The highest BCUT2D eigenvalue weighted by Crippen LogP contribution is 2.55. The average molecular weight is 793 g/mol. The van der Waals surface area contributed by atoms with E-state index >= 15 is 0 Å². The van der Waals surface area contributed by atoms with Crippen molar-refractivity contribution in [3.05, 3.63) is 210 Å². The molecular weight excluding hydrogens is 747 g/mol. The van der Waals surface area contributed by atoms with E-state index in [0.29, 0.717) is 0 Å². The standard InChI is InChI=1S/C59H45BN2/c1-36-29-48-47-31-39-17-9-10-18-40(39)32-54(47)62(41-25-23-38(24-26-41)37-15-7-6-8-16-37)60-53-34-46-44-20-12-14-22-50(44)59(4,5)52(46)35-55(53)61(56(30-36)57(48)60)42-27-28-45-43-19-11-13-21-49(43)58(2,3)51(45)33-42/h6-35H,1-5H3. The molecule has 62 heavy (non-hydrogen) atoms. The predicted molar refractivity (Wildman–Crippen MR) is 263 cm³/mol. The quantitative estimate of drug-likeness (QED) is 0.164. The van der Waals surface area contributed by atoms with Gasteiger partial charge in [-0.1, -0.05) is 161 Å². The second-order valence-corrected chi connectivity index (χ2v) is 19.0. The molecule has 9 aromatic rings. The first kappa shape index (κ1) is 35.6. The van der Waals surface area contributed by atoms with Crippen LogP contribution in [0.25, 0.3) is 55.3 Å². The predicted octanol–water partition coefficient (Wildman–Crippen LogP) is 14.1. The molecular formula is C59H45BN2. The zero-order valence-corrected chi connectivity index (χ0v) is 35.8. The second-order valence-electron chi connectivity index (χ2n) is 19.0. The number of hydrogen-bond acceptors (Lipinski definition) is 2. The lowest BCUT2D eigenvalue weighted by atomic mass is 9.43. The first-order chi connectivity index (χ1) is 30.2. The molecule has 0 radical (unpaired) electrons. The molecule has 0 aromatic heterocycles. The summed E-state index contributed by atoms with van der Waals surface area (Å²) in [5, 5.41) is 2.50. The maximum atomic E-state index is 2.66. The van der Waals surface area contributed by atoms with Crippen LogP contribution in [-0.4, -0.2) is 6.85 Å². The Bertz CT molecular complexity index is 3380. The molecule has 0 saturated carbocycles. The Morgan fingerprint density at radius 1 is 0.387 bits per heavy atom. The van der Waals surface area contributed by atoms with E-state index in [1.54, 1.807) is 0 Å². The fourth-order valence-corrected chi connectivity index (χ4v) is 11.8. The summed E-state index contributed by atoms with van der Waals surface area (Å²) < 4.78 is 0. The Labute approximate surface area is 364 Å². The minimum absolute atomic E-state index is 0.0839. The lowest BCUT2D eigenvalue weighted by molar-refractivity contribution is 0.660. The molecule has 4 aliphatic rings. The fourth-order valence-electron chi connectivity index (χ4n) is 11.8. The summed E-state index contributed by atoms with van der Waals surface area (Å²) in [7, 11) is 0. The van der Waals surface area contributed by atoms with Crippen LogP contribution in [-0.2, 0) is 10.8 Å². The number of nitrogens with zero attached hydrogens (tertiary/aromatic N) is 2. The van der Waals surface area contributed by atoms with Gasteiger partial charge in [0.2, 0.25) is 0 Å². The third-order valence-electron chi connectivity index (χ3n) is 14.8. The molecule has 3 heteroatoms. The second kappa shape index (κ2) is 12.5. The molecule has 2 heterocycles. The van der Waals surface area contributed by atoms with Crippen LogP contribution in [0.5, 0.6) is 0 Å². The topological polar surface area (TPSA) is 6.48 Å². The Kier molecular flexibility index (Phi) is 7.18. The summed E-state index contributed by atoms with van der Waals surface area (Å²) in [5.74, 6) is 0. The van der Waals surface area contributed by atoms with E-state index in [1.165, 1.54) is 122 Å². The van der Waals surface area contributed by atoms with Crippen LogP contribution in [0.15, 0.2) is 182 Å². The normalized spacial score (nSPS) is 15.3. The number of hydrogen-bond donors (Lipinski definition) is 0. The van der Waals surface area contributed by atoms with Gasteiger partial charge in [-0.15, -0.1) is 0 Å². The van der Waals surface area contributed by atoms with E-state index in [9.17, 15) is 0 Å². The molecule has 2 nitrogen and oxygen atoms in total. The lowest BCUT2D eigenvalue weighted by Gasteiger charge is -2.46. The SMILES string of the molecule is Cc1cc2c3c(c1)N(c1ccc4c(c1)C(C)(C)c1ccccc1-4)c1cc4c(cc1B3N(c1ccc(-c3ccccc3)cc1)c1cc3ccccc3cc1-2)-c1ccccc1C4(C)C. The van der Waals surface area contributed by atoms with Crippen molar-refractivity contribution in [3.63, 3.8) is 0 Å². The van der Waals surface area contributed by atoms with Crippen molar-refractivity contribution in [1.29, 1.82) is 0 Å². The summed E-state index contributed by atoms with van der Waals surface area (Å²) >= 11 is 0. The van der Waals surface area contributed by atoms with Crippen LogP contribution in [0, 0.1) is 6.92 Å². The van der Waals surface area contributed by atoms with Crippen molar-refractivity contribution in [3.8, 4) is 44.5 Å². The van der Waals surface area contributed by atoms with E-state index in [-0.39, 0.29) is 17.7 Å². The van der Waals surface area contributed by atoms with Crippen LogP contribution in [0.2, 0.25) is 0 Å². The average Bonchev–Trinajstić information content (AvgIpc) is 3.67. The smallest absolute Gasteiger partial charge is 0.333 e. The minimum Gasteiger partial charge on any atom is -0.376 e. The monoisotopic (exact) mass is 792 g/mol. The first-order valence-electron chi connectivity index (χ1n) is 22.1. The van der Waals surface area contributed by atoms with E-state index < -0.39 is 0 Å². The van der Waals surface area contributed by atoms with E-state index in [2.05, 4.69) is 226 Å². The molecule has 294 valence electrons. The largest absolute Gasteiger partial charge is 0.376 e. The Morgan fingerprint density at radius 3 is 1.69 bits per heavy atom. The van der Waals surface area contributed by atoms with E-state index in [4.69, 9.17) is 0 Å². The Morgan fingerprint density at radius 2 is 0.968 bits per heavy atom. The summed E-state index contributed by atoms with van der Waals surface area (Å²) in [6.45, 7) is 11.8. The Hall–Kier alpha value is -7.10. The van der Waals surface area contributed by atoms with Crippen molar-refractivity contribution in [2.24, 2.45) is 0 Å². The van der Waals surface area contributed by atoms with Crippen molar-refractivity contribution < 1.29 is 0 Å². The number of rotatable bonds is 3. The van der Waals surface area contributed by atoms with Gasteiger partial charge in [-0.2, -0.15) is 0 Å². The molecule has 0 fully saturated rings.